The number of phenols is 1. The predicted octanol–water partition coefficient (Wildman–Crippen LogP) is 3.47. The maximum Gasteiger partial charge on any atom is 0.511 e. The highest BCUT2D eigenvalue weighted by Gasteiger charge is 2.36. The number of phenolic OH excluding ortho intramolecular Hbond substituents is 1. The molecule has 0 spiro atoms. The van der Waals surface area contributed by atoms with Crippen LogP contribution in [-0.4, -0.2) is 29.6 Å². The highest BCUT2D eigenvalue weighted by Crippen LogP contribution is 2.42. The smallest absolute Gasteiger partial charge is 0.504 e. The number of carbonyl (C=O) groups is 1. The molecule has 21 heavy (non-hydrogen) atoms. The summed E-state index contributed by atoms with van der Waals surface area (Å²) in [6, 6.07) is 4.61. The van der Waals surface area contributed by atoms with E-state index in [1.807, 2.05) is 20.8 Å². The van der Waals surface area contributed by atoms with Crippen LogP contribution in [0.5, 0.6) is 11.5 Å². The molecule has 1 aromatic carbocycles. The molecule has 6 heteroatoms. The molecule has 0 amide bonds. The van der Waals surface area contributed by atoms with E-state index in [2.05, 4.69) is 4.74 Å². The van der Waals surface area contributed by atoms with Gasteiger partial charge in [0.2, 0.25) is 0 Å². The van der Waals surface area contributed by atoms with E-state index in [0.717, 1.165) is 6.42 Å². The van der Waals surface area contributed by atoms with Gasteiger partial charge < -0.3 is 24.4 Å². The number of para-hydroxylation sites is 1. The summed E-state index contributed by atoms with van der Waals surface area (Å²) in [6.45, 7) is 6.42. The van der Waals surface area contributed by atoms with Crippen molar-refractivity contribution >= 4 is 6.16 Å². The SMILES string of the molecule is CCCC(OCC)(OCC)c1cccc(OC(=O)O)c1O. The summed E-state index contributed by atoms with van der Waals surface area (Å²) < 4.78 is 16.1. The second-order valence-electron chi connectivity index (χ2n) is 4.39. The quantitative estimate of drug-likeness (QED) is 0.434. The Hall–Kier alpha value is -1.79. The van der Waals surface area contributed by atoms with E-state index < -0.39 is 11.9 Å². The lowest BCUT2D eigenvalue weighted by Gasteiger charge is -2.34. The third-order valence-corrected chi connectivity index (χ3v) is 2.94. The van der Waals surface area contributed by atoms with Crippen LogP contribution in [0.1, 0.15) is 39.2 Å². The fourth-order valence-corrected chi connectivity index (χ4v) is 2.28. The van der Waals surface area contributed by atoms with E-state index in [4.69, 9.17) is 14.6 Å². The van der Waals surface area contributed by atoms with Gasteiger partial charge in [-0.2, -0.15) is 0 Å². The number of ether oxygens (including phenoxy) is 3. The third-order valence-electron chi connectivity index (χ3n) is 2.94. The highest BCUT2D eigenvalue weighted by molar-refractivity contribution is 5.63. The van der Waals surface area contributed by atoms with Gasteiger partial charge in [0.15, 0.2) is 17.3 Å². The van der Waals surface area contributed by atoms with Crippen LogP contribution in [0.4, 0.5) is 4.79 Å². The van der Waals surface area contributed by atoms with Crippen molar-refractivity contribution in [1.82, 2.24) is 0 Å². The van der Waals surface area contributed by atoms with E-state index in [-0.39, 0.29) is 11.5 Å². The average molecular weight is 298 g/mol. The minimum absolute atomic E-state index is 0.139. The van der Waals surface area contributed by atoms with Crippen molar-refractivity contribution in [3.8, 4) is 11.5 Å². The maximum atomic E-state index is 10.7. The maximum absolute atomic E-state index is 10.7. The van der Waals surface area contributed by atoms with E-state index in [0.29, 0.717) is 25.2 Å². The summed E-state index contributed by atoms with van der Waals surface area (Å²) in [7, 11) is 0. The zero-order valence-electron chi connectivity index (χ0n) is 12.6. The van der Waals surface area contributed by atoms with Crippen LogP contribution < -0.4 is 4.74 Å². The molecule has 0 aromatic heterocycles. The molecule has 1 aromatic rings. The van der Waals surface area contributed by atoms with Crippen molar-refractivity contribution in [3.63, 3.8) is 0 Å². The molecule has 118 valence electrons. The third kappa shape index (κ3) is 4.09. The number of aromatic hydroxyl groups is 1. The molecule has 2 N–H and O–H groups in total. The molecule has 6 nitrogen and oxygen atoms in total. The first-order chi connectivity index (χ1) is 10.0. The van der Waals surface area contributed by atoms with Crippen molar-refractivity contribution in [2.45, 2.75) is 39.4 Å². The molecule has 0 aliphatic carbocycles. The van der Waals surface area contributed by atoms with Crippen molar-refractivity contribution in [3.05, 3.63) is 23.8 Å². The Morgan fingerprint density at radius 1 is 1.19 bits per heavy atom. The molecule has 0 aliphatic rings. The summed E-state index contributed by atoms with van der Waals surface area (Å²) in [6.07, 6.45) is -0.196. The van der Waals surface area contributed by atoms with Gasteiger partial charge in [-0.25, -0.2) is 4.79 Å². The highest BCUT2D eigenvalue weighted by atomic mass is 16.7. The monoisotopic (exact) mass is 298 g/mol. The average Bonchev–Trinajstić information content (AvgIpc) is 2.41. The van der Waals surface area contributed by atoms with Gasteiger partial charge in [-0.1, -0.05) is 19.4 Å². The Balaban J connectivity index is 3.32. The van der Waals surface area contributed by atoms with Crippen LogP contribution in [0.15, 0.2) is 18.2 Å². The summed E-state index contributed by atoms with van der Waals surface area (Å²) in [5.74, 6) is -1.53. The minimum Gasteiger partial charge on any atom is -0.504 e. The van der Waals surface area contributed by atoms with Gasteiger partial charge in [0.1, 0.15) is 0 Å². The lowest BCUT2D eigenvalue weighted by molar-refractivity contribution is -0.247. The van der Waals surface area contributed by atoms with Gasteiger partial charge in [0, 0.05) is 19.6 Å². The van der Waals surface area contributed by atoms with Gasteiger partial charge in [0.25, 0.3) is 0 Å². The van der Waals surface area contributed by atoms with Crippen LogP contribution in [0, 0.1) is 0 Å². The molecule has 0 aliphatic heterocycles. The Bertz CT molecular complexity index is 454. The molecule has 0 heterocycles. The number of rotatable bonds is 8. The fraction of sp³-hybridized carbons (Fsp3) is 0.533. The largest absolute Gasteiger partial charge is 0.511 e. The Kier molecular flexibility index (Phi) is 6.45. The van der Waals surface area contributed by atoms with Gasteiger partial charge in [-0.05, 0) is 26.0 Å². The topological polar surface area (TPSA) is 85.2 Å². The summed E-state index contributed by atoms with van der Waals surface area (Å²) >= 11 is 0. The molecule has 0 radical (unpaired) electrons. The molecule has 0 saturated heterocycles. The normalized spacial score (nSPS) is 11.4. The van der Waals surface area contributed by atoms with Crippen LogP contribution in [0.2, 0.25) is 0 Å². The van der Waals surface area contributed by atoms with Gasteiger partial charge in [0.05, 0.1) is 5.56 Å². The lowest BCUT2D eigenvalue weighted by atomic mass is 9.99. The number of benzene rings is 1. The Labute approximate surface area is 124 Å². The minimum atomic E-state index is -1.49. The Morgan fingerprint density at radius 3 is 2.29 bits per heavy atom. The van der Waals surface area contributed by atoms with Crippen molar-refractivity contribution in [2.75, 3.05) is 13.2 Å². The van der Waals surface area contributed by atoms with Crippen LogP contribution in [0.3, 0.4) is 0 Å². The summed E-state index contributed by atoms with van der Waals surface area (Å²) in [5, 5.41) is 19.0. The van der Waals surface area contributed by atoms with E-state index in [9.17, 15) is 9.90 Å². The standard InChI is InChI=1S/C15H22O6/c1-4-10-15(19-5-2,20-6-3)11-8-7-9-12(13(11)16)21-14(17)18/h7-9,16H,4-6,10H2,1-3H3,(H,17,18). The zero-order chi connectivity index (χ0) is 15.9. The fourth-order valence-electron chi connectivity index (χ4n) is 2.28. The summed E-state index contributed by atoms with van der Waals surface area (Å²) in [4.78, 5) is 10.7. The van der Waals surface area contributed by atoms with Crippen molar-refractivity contribution in [1.29, 1.82) is 0 Å². The lowest BCUT2D eigenvalue weighted by Crippen LogP contribution is -2.33. The first-order valence-corrected chi connectivity index (χ1v) is 7.01. The zero-order valence-corrected chi connectivity index (χ0v) is 12.6. The van der Waals surface area contributed by atoms with E-state index in [1.54, 1.807) is 12.1 Å². The summed E-state index contributed by atoms with van der Waals surface area (Å²) in [5.41, 5.74) is 0.367. The number of hydrogen-bond donors (Lipinski definition) is 2. The van der Waals surface area contributed by atoms with Gasteiger partial charge in [-0.15, -0.1) is 0 Å². The molecule has 0 bridgehead atoms. The van der Waals surface area contributed by atoms with Crippen LogP contribution in [0.25, 0.3) is 0 Å². The van der Waals surface area contributed by atoms with Gasteiger partial charge in [-0.3, -0.25) is 0 Å². The van der Waals surface area contributed by atoms with Crippen molar-refractivity contribution in [2.24, 2.45) is 0 Å². The molecular weight excluding hydrogens is 276 g/mol. The predicted molar refractivity (Wildman–Crippen MR) is 76.6 cm³/mol. The second kappa shape index (κ2) is 7.85. The van der Waals surface area contributed by atoms with E-state index >= 15 is 0 Å². The van der Waals surface area contributed by atoms with Crippen LogP contribution >= 0.6 is 0 Å². The molecule has 0 saturated carbocycles. The van der Waals surface area contributed by atoms with Crippen LogP contribution in [-0.2, 0) is 15.3 Å². The first kappa shape index (κ1) is 17.3. The Morgan fingerprint density at radius 2 is 1.81 bits per heavy atom. The molecule has 0 fully saturated rings. The molecule has 1 rings (SSSR count). The van der Waals surface area contributed by atoms with E-state index in [1.165, 1.54) is 6.07 Å². The molecule has 0 atom stereocenters. The van der Waals surface area contributed by atoms with Crippen molar-refractivity contribution < 1.29 is 29.2 Å². The first-order valence-electron chi connectivity index (χ1n) is 7.01. The molecular formula is C15H22O6. The second-order valence-corrected chi connectivity index (χ2v) is 4.39. The number of carboxylic acid groups (broad SMARTS) is 1. The number of hydrogen-bond acceptors (Lipinski definition) is 5. The molecule has 0 unspecified atom stereocenters. The van der Waals surface area contributed by atoms with Gasteiger partial charge >= 0.3 is 6.16 Å².